The summed E-state index contributed by atoms with van der Waals surface area (Å²) in [5.41, 5.74) is -0.492. The summed E-state index contributed by atoms with van der Waals surface area (Å²) in [7, 11) is 3.43. The minimum atomic E-state index is -0.996. The van der Waals surface area contributed by atoms with E-state index in [2.05, 4.69) is 10.3 Å². The molecule has 0 aliphatic carbocycles. The van der Waals surface area contributed by atoms with Gasteiger partial charge >= 0.3 is 0 Å². The first-order chi connectivity index (χ1) is 7.30. The molecule has 1 rings (SSSR count). The van der Waals surface area contributed by atoms with Crippen molar-refractivity contribution in [1.29, 1.82) is 0 Å². The Kier molecular flexibility index (Phi) is 3.64. The van der Waals surface area contributed by atoms with Gasteiger partial charge in [-0.1, -0.05) is 5.21 Å². The highest BCUT2D eigenvalue weighted by molar-refractivity contribution is 5.75. The second-order valence-electron chi connectivity index (χ2n) is 4.46. The van der Waals surface area contributed by atoms with Crippen LogP contribution in [0.5, 0.6) is 0 Å². The van der Waals surface area contributed by atoms with Crippen molar-refractivity contribution in [2.24, 2.45) is 0 Å². The minimum absolute atomic E-state index is 0.0420. The highest BCUT2D eigenvalue weighted by atomic mass is 16.3. The molecule has 0 unspecified atom stereocenters. The van der Waals surface area contributed by atoms with Gasteiger partial charge in [0.1, 0.15) is 11.3 Å². The summed E-state index contributed by atoms with van der Waals surface area (Å²) in [4.78, 5) is 12.9. The van der Waals surface area contributed by atoms with Crippen molar-refractivity contribution >= 4 is 5.91 Å². The second-order valence-corrected chi connectivity index (χ2v) is 4.46. The third-order valence-corrected chi connectivity index (χ3v) is 2.22. The van der Waals surface area contributed by atoms with Crippen LogP contribution in [0, 0.1) is 0 Å². The van der Waals surface area contributed by atoms with E-state index in [1.165, 1.54) is 4.90 Å². The molecule has 16 heavy (non-hydrogen) atoms. The molecule has 0 saturated heterocycles. The molecular formula is C10H18N4O2. The van der Waals surface area contributed by atoms with Crippen LogP contribution in [0.2, 0.25) is 0 Å². The number of carbonyl (C=O) groups is 1. The van der Waals surface area contributed by atoms with Gasteiger partial charge in [-0.3, -0.25) is 9.48 Å². The van der Waals surface area contributed by atoms with Crippen LogP contribution in [0.15, 0.2) is 6.20 Å². The Balaban J connectivity index is 2.57. The van der Waals surface area contributed by atoms with E-state index >= 15 is 0 Å². The van der Waals surface area contributed by atoms with E-state index in [1.54, 1.807) is 38.8 Å². The molecule has 1 N–H and O–H groups in total. The zero-order valence-electron chi connectivity index (χ0n) is 10.1. The smallest absolute Gasteiger partial charge is 0.223 e. The van der Waals surface area contributed by atoms with Gasteiger partial charge in [0, 0.05) is 20.5 Å². The van der Waals surface area contributed by atoms with E-state index in [9.17, 15) is 9.90 Å². The van der Waals surface area contributed by atoms with Crippen LogP contribution < -0.4 is 0 Å². The lowest BCUT2D eigenvalue weighted by Gasteiger charge is -2.12. The lowest BCUT2D eigenvalue weighted by Crippen LogP contribution is -2.23. The Hall–Kier alpha value is -1.43. The average Bonchev–Trinajstić information content (AvgIpc) is 2.61. The molecule has 6 nitrogen and oxygen atoms in total. The van der Waals surface area contributed by atoms with Crippen molar-refractivity contribution in [3.8, 4) is 0 Å². The van der Waals surface area contributed by atoms with Gasteiger partial charge in [0.2, 0.25) is 5.91 Å². The Morgan fingerprint density at radius 3 is 2.62 bits per heavy atom. The zero-order valence-corrected chi connectivity index (χ0v) is 10.1. The van der Waals surface area contributed by atoms with Gasteiger partial charge in [-0.2, -0.15) is 0 Å². The summed E-state index contributed by atoms with van der Waals surface area (Å²) in [5, 5.41) is 17.4. The Morgan fingerprint density at radius 2 is 2.19 bits per heavy atom. The summed E-state index contributed by atoms with van der Waals surface area (Å²) < 4.78 is 1.56. The summed E-state index contributed by atoms with van der Waals surface area (Å²) in [6.07, 6.45) is 2.03. The number of rotatable bonds is 4. The maximum absolute atomic E-state index is 11.3. The molecule has 1 heterocycles. The van der Waals surface area contributed by atoms with Gasteiger partial charge in [-0.15, -0.1) is 5.10 Å². The highest BCUT2D eigenvalue weighted by Gasteiger charge is 2.20. The van der Waals surface area contributed by atoms with Crippen molar-refractivity contribution in [1.82, 2.24) is 19.9 Å². The van der Waals surface area contributed by atoms with E-state index in [1.807, 2.05) is 0 Å². The van der Waals surface area contributed by atoms with Crippen molar-refractivity contribution in [3.05, 3.63) is 11.9 Å². The number of carbonyl (C=O) groups excluding carboxylic acids is 1. The SMILES string of the molecule is CN(C)C(=O)CCn1cc(C(C)(C)O)nn1. The fourth-order valence-corrected chi connectivity index (χ4v) is 1.12. The highest BCUT2D eigenvalue weighted by Crippen LogP contribution is 2.15. The number of hydrogen-bond donors (Lipinski definition) is 1. The number of hydrogen-bond acceptors (Lipinski definition) is 4. The predicted molar refractivity (Wildman–Crippen MR) is 58.6 cm³/mol. The lowest BCUT2D eigenvalue weighted by atomic mass is 10.1. The number of aryl methyl sites for hydroxylation is 1. The topological polar surface area (TPSA) is 71.2 Å². The van der Waals surface area contributed by atoms with Gasteiger partial charge in [-0.25, -0.2) is 0 Å². The second kappa shape index (κ2) is 4.61. The lowest BCUT2D eigenvalue weighted by molar-refractivity contribution is -0.128. The Labute approximate surface area is 94.9 Å². The fraction of sp³-hybridized carbons (Fsp3) is 0.700. The minimum Gasteiger partial charge on any atom is -0.384 e. The first-order valence-electron chi connectivity index (χ1n) is 5.14. The third kappa shape index (κ3) is 3.30. The molecule has 0 saturated carbocycles. The van der Waals surface area contributed by atoms with Crippen LogP contribution in [-0.2, 0) is 16.9 Å². The van der Waals surface area contributed by atoms with Crippen molar-refractivity contribution in [2.45, 2.75) is 32.4 Å². The van der Waals surface area contributed by atoms with Gasteiger partial charge < -0.3 is 10.0 Å². The largest absolute Gasteiger partial charge is 0.384 e. The van der Waals surface area contributed by atoms with Gasteiger partial charge in [0.15, 0.2) is 0 Å². The summed E-state index contributed by atoms with van der Waals surface area (Å²) in [6, 6.07) is 0. The number of aromatic nitrogens is 3. The maximum atomic E-state index is 11.3. The normalized spacial score (nSPS) is 11.6. The first kappa shape index (κ1) is 12.6. The van der Waals surface area contributed by atoms with E-state index in [4.69, 9.17) is 0 Å². The van der Waals surface area contributed by atoms with Crippen LogP contribution in [0.1, 0.15) is 26.0 Å². The van der Waals surface area contributed by atoms with Crippen molar-refractivity contribution < 1.29 is 9.90 Å². The standard InChI is InChI=1S/C10H18N4O2/c1-10(2,16)8-7-14(12-11-8)6-5-9(15)13(3)4/h7,16H,5-6H2,1-4H3. The Morgan fingerprint density at radius 1 is 1.56 bits per heavy atom. The molecule has 1 aromatic heterocycles. The van der Waals surface area contributed by atoms with Crippen LogP contribution in [0.4, 0.5) is 0 Å². The number of aliphatic hydroxyl groups is 1. The van der Waals surface area contributed by atoms with Crippen molar-refractivity contribution in [3.63, 3.8) is 0 Å². The fourth-order valence-electron chi connectivity index (χ4n) is 1.12. The molecule has 1 aromatic rings. The van der Waals surface area contributed by atoms with E-state index in [0.717, 1.165) is 0 Å². The molecule has 1 amide bonds. The van der Waals surface area contributed by atoms with E-state index < -0.39 is 5.60 Å². The summed E-state index contributed by atoms with van der Waals surface area (Å²) >= 11 is 0. The number of nitrogens with zero attached hydrogens (tertiary/aromatic N) is 4. The quantitative estimate of drug-likeness (QED) is 0.783. The van der Waals surface area contributed by atoms with Crippen LogP contribution in [-0.4, -0.2) is 45.0 Å². The molecule has 6 heteroatoms. The summed E-state index contributed by atoms with van der Waals surface area (Å²) in [6.45, 7) is 3.76. The van der Waals surface area contributed by atoms with Crippen molar-refractivity contribution in [2.75, 3.05) is 14.1 Å². The molecule has 0 fully saturated rings. The molecule has 0 spiro atoms. The molecule has 0 aliphatic rings. The molecule has 0 bridgehead atoms. The number of amides is 1. The first-order valence-corrected chi connectivity index (χ1v) is 5.14. The summed E-state index contributed by atoms with van der Waals surface area (Å²) in [5.74, 6) is 0.0420. The average molecular weight is 226 g/mol. The van der Waals surface area contributed by atoms with Crippen LogP contribution >= 0.6 is 0 Å². The van der Waals surface area contributed by atoms with Crippen LogP contribution in [0.25, 0.3) is 0 Å². The van der Waals surface area contributed by atoms with Gasteiger partial charge in [0.05, 0.1) is 12.7 Å². The van der Waals surface area contributed by atoms with Gasteiger partial charge in [0.25, 0.3) is 0 Å². The third-order valence-electron chi connectivity index (χ3n) is 2.22. The molecule has 0 aliphatic heterocycles. The Bertz CT molecular complexity index is 365. The monoisotopic (exact) mass is 226 g/mol. The molecule has 0 radical (unpaired) electrons. The van der Waals surface area contributed by atoms with Crippen LogP contribution in [0.3, 0.4) is 0 Å². The molecule has 0 aromatic carbocycles. The predicted octanol–water partition coefficient (Wildman–Crippen LogP) is -0.0162. The molecule has 0 atom stereocenters. The zero-order chi connectivity index (χ0) is 12.3. The maximum Gasteiger partial charge on any atom is 0.223 e. The molecule has 90 valence electrons. The van der Waals surface area contributed by atoms with E-state index in [-0.39, 0.29) is 5.91 Å². The van der Waals surface area contributed by atoms with E-state index in [0.29, 0.717) is 18.7 Å². The molecular weight excluding hydrogens is 208 g/mol. The van der Waals surface area contributed by atoms with Gasteiger partial charge in [-0.05, 0) is 13.8 Å².